The molecular weight excluding hydrogens is 254 g/mol. The number of halogens is 1. The second-order valence-corrected chi connectivity index (χ2v) is 4.84. The summed E-state index contributed by atoms with van der Waals surface area (Å²) in [5.74, 6) is 1.22. The maximum Gasteiger partial charge on any atom is 0.255 e. The SMILES string of the molecule is Cc1c(Cl)nc2ncnn2c1NC(C)CC(C)O. The van der Waals surface area contributed by atoms with E-state index in [1.807, 2.05) is 13.8 Å². The van der Waals surface area contributed by atoms with Crippen molar-refractivity contribution in [2.75, 3.05) is 5.32 Å². The van der Waals surface area contributed by atoms with Crippen molar-refractivity contribution in [2.45, 2.75) is 39.3 Å². The Morgan fingerprint density at radius 2 is 2.22 bits per heavy atom. The van der Waals surface area contributed by atoms with Crippen LogP contribution in [0.1, 0.15) is 25.8 Å². The maximum atomic E-state index is 9.38. The van der Waals surface area contributed by atoms with E-state index >= 15 is 0 Å². The number of aromatic nitrogens is 4. The van der Waals surface area contributed by atoms with Crippen LogP contribution in [0, 0.1) is 6.92 Å². The Balaban J connectivity index is 2.36. The van der Waals surface area contributed by atoms with Gasteiger partial charge >= 0.3 is 0 Å². The standard InChI is InChI=1S/C11H16ClN5O/c1-6(4-7(2)18)15-10-8(3)9(12)16-11-13-5-14-17(10)11/h5-7,15,18H,4H2,1-3H3. The summed E-state index contributed by atoms with van der Waals surface area (Å²) in [5, 5.41) is 17.2. The number of hydrogen-bond acceptors (Lipinski definition) is 5. The van der Waals surface area contributed by atoms with Gasteiger partial charge in [-0.05, 0) is 27.2 Å². The van der Waals surface area contributed by atoms with Crippen LogP contribution in [0.4, 0.5) is 5.82 Å². The summed E-state index contributed by atoms with van der Waals surface area (Å²) in [6.45, 7) is 5.62. The number of nitrogens with zero attached hydrogens (tertiary/aromatic N) is 4. The molecule has 2 unspecified atom stereocenters. The second kappa shape index (κ2) is 5.07. The molecule has 2 rings (SSSR count). The van der Waals surface area contributed by atoms with Gasteiger partial charge in [-0.3, -0.25) is 0 Å². The van der Waals surface area contributed by atoms with E-state index in [2.05, 4.69) is 20.4 Å². The largest absolute Gasteiger partial charge is 0.393 e. The monoisotopic (exact) mass is 269 g/mol. The lowest BCUT2D eigenvalue weighted by atomic mass is 10.1. The number of fused-ring (bicyclic) bond motifs is 1. The van der Waals surface area contributed by atoms with Crippen LogP contribution in [-0.4, -0.2) is 36.8 Å². The third kappa shape index (κ3) is 2.54. The highest BCUT2D eigenvalue weighted by molar-refractivity contribution is 6.30. The molecule has 2 aromatic rings. The Morgan fingerprint density at radius 3 is 2.89 bits per heavy atom. The summed E-state index contributed by atoms with van der Waals surface area (Å²) in [6.07, 6.45) is 1.70. The summed E-state index contributed by atoms with van der Waals surface area (Å²) in [7, 11) is 0. The van der Waals surface area contributed by atoms with Crippen molar-refractivity contribution in [1.29, 1.82) is 0 Å². The van der Waals surface area contributed by atoms with Gasteiger partial charge in [0.1, 0.15) is 17.3 Å². The fraction of sp³-hybridized carbons (Fsp3) is 0.545. The van der Waals surface area contributed by atoms with Crippen LogP contribution >= 0.6 is 11.6 Å². The number of rotatable bonds is 4. The normalized spacial score (nSPS) is 14.7. The Morgan fingerprint density at radius 1 is 1.50 bits per heavy atom. The zero-order valence-corrected chi connectivity index (χ0v) is 11.3. The molecule has 0 aromatic carbocycles. The lowest BCUT2D eigenvalue weighted by Gasteiger charge is -2.18. The third-order valence-electron chi connectivity index (χ3n) is 2.68. The van der Waals surface area contributed by atoms with E-state index in [1.54, 1.807) is 11.4 Å². The van der Waals surface area contributed by atoms with E-state index in [9.17, 15) is 5.11 Å². The fourth-order valence-corrected chi connectivity index (χ4v) is 2.04. The first-order chi connectivity index (χ1) is 8.49. The lowest BCUT2D eigenvalue weighted by molar-refractivity contribution is 0.179. The minimum atomic E-state index is -0.364. The van der Waals surface area contributed by atoms with Gasteiger partial charge in [-0.25, -0.2) is 0 Å². The van der Waals surface area contributed by atoms with E-state index in [1.165, 1.54) is 6.33 Å². The highest BCUT2D eigenvalue weighted by atomic mass is 35.5. The van der Waals surface area contributed by atoms with Gasteiger partial charge in [0, 0.05) is 11.6 Å². The quantitative estimate of drug-likeness (QED) is 0.826. The highest BCUT2D eigenvalue weighted by Gasteiger charge is 2.15. The smallest absolute Gasteiger partial charge is 0.255 e. The van der Waals surface area contributed by atoms with Gasteiger partial charge in [0.2, 0.25) is 0 Å². The van der Waals surface area contributed by atoms with Crippen LogP contribution in [-0.2, 0) is 0 Å². The molecule has 0 saturated carbocycles. The van der Waals surface area contributed by atoms with Gasteiger partial charge < -0.3 is 10.4 Å². The summed E-state index contributed by atoms with van der Waals surface area (Å²) in [6, 6.07) is 0.0922. The number of anilines is 1. The first kappa shape index (κ1) is 13.0. The maximum absolute atomic E-state index is 9.38. The van der Waals surface area contributed by atoms with Crippen LogP contribution in [0.5, 0.6) is 0 Å². The van der Waals surface area contributed by atoms with Gasteiger partial charge in [0.15, 0.2) is 0 Å². The Kier molecular flexibility index (Phi) is 3.68. The summed E-state index contributed by atoms with van der Waals surface area (Å²) >= 11 is 6.06. The van der Waals surface area contributed by atoms with Crippen molar-refractivity contribution in [3.05, 3.63) is 17.0 Å². The molecule has 0 saturated heterocycles. The molecule has 6 nitrogen and oxygen atoms in total. The topological polar surface area (TPSA) is 75.3 Å². The minimum Gasteiger partial charge on any atom is -0.393 e. The Hall–Kier alpha value is -1.40. The van der Waals surface area contributed by atoms with Crippen molar-refractivity contribution in [1.82, 2.24) is 19.6 Å². The molecule has 2 heterocycles. The average molecular weight is 270 g/mol. The van der Waals surface area contributed by atoms with E-state index in [0.29, 0.717) is 17.4 Å². The molecule has 0 radical (unpaired) electrons. The average Bonchev–Trinajstić information content (AvgIpc) is 2.71. The Labute approximate surface area is 110 Å². The minimum absolute atomic E-state index is 0.0922. The lowest BCUT2D eigenvalue weighted by Crippen LogP contribution is -2.23. The van der Waals surface area contributed by atoms with Gasteiger partial charge in [-0.1, -0.05) is 11.6 Å². The van der Waals surface area contributed by atoms with Gasteiger partial charge in [-0.15, -0.1) is 0 Å². The molecule has 7 heteroatoms. The van der Waals surface area contributed by atoms with Crippen LogP contribution < -0.4 is 5.32 Å². The van der Waals surface area contributed by atoms with Crippen LogP contribution in [0.15, 0.2) is 6.33 Å². The molecule has 0 bridgehead atoms. The zero-order valence-electron chi connectivity index (χ0n) is 10.6. The summed E-state index contributed by atoms with van der Waals surface area (Å²) < 4.78 is 1.61. The van der Waals surface area contributed by atoms with Crippen molar-refractivity contribution in [3.63, 3.8) is 0 Å². The molecular formula is C11H16ClN5O. The number of nitrogens with one attached hydrogen (secondary N) is 1. The first-order valence-corrected chi connectivity index (χ1v) is 6.17. The molecule has 2 atom stereocenters. The molecule has 18 heavy (non-hydrogen) atoms. The first-order valence-electron chi connectivity index (χ1n) is 5.79. The molecule has 2 N–H and O–H groups in total. The van der Waals surface area contributed by atoms with E-state index in [-0.39, 0.29) is 12.1 Å². The molecule has 98 valence electrons. The summed E-state index contributed by atoms with van der Waals surface area (Å²) in [5.41, 5.74) is 0.812. The van der Waals surface area contributed by atoms with E-state index in [4.69, 9.17) is 11.6 Å². The van der Waals surface area contributed by atoms with E-state index < -0.39 is 0 Å². The third-order valence-corrected chi connectivity index (χ3v) is 3.05. The second-order valence-electron chi connectivity index (χ2n) is 4.48. The van der Waals surface area contributed by atoms with Crippen LogP contribution in [0.3, 0.4) is 0 Å². The highest BCUT2D eigenvalue weighted by Crippen LogP contribution is 2.23. The Bertz CT molecular complexity index is 554. The van der Waals surface area contributed by atoms with Gasteiger partial charge in [0.05, 0.1) is 6.10 Å². The molecule has 0 aliphatic heterocycles. The number of aliphatic hydroxyl groups is 1. The van der Waals surface area contributed by atoms with Gasteiger partial charge in [0.25, 0.3) is 5.78 Å². The van der Waals surface area contributed by atoms with E-state index in [0.717, 1.165) is 11.4 Å². The van der Waals surface area contributed by atoms with Gasteiger partial charge in [-0.2, -0.15) is 19.6 Å². The predicted octanol–water partition coefficient (Wildman–Crippen LogP) is 1.66. The molecule has 0 aliphatic rings. The van der Waals surface area contributed by atoms with Crippen molar-refractivity contribution in [3.8, 4) is 0 Å². The number of aliphatic hydroxyl groups excluding tert-OH is 1. The predicted molar refractivity (Wildman–Crippen MR) is 69.9 cm³/mol. The summed E-state index contributed by atoms with van der Waals surface area (Å²) in [4.78, 5) is 8.15. The van der Waals surface area contributed by atoms with Crippen molar-refractivity contribution >= 4 is 23.2 Å². The van der Waals surface area contributed by atoms with Crippen LogP contribution in [0.2, 0.25) is 5.15 Å². The van der Waals surface area contributed by atoms with Crippen molar-refractivity contribution < 1.29 is 5.11 Å². The molecule has 0 spiro atoms. The molecule has 0 aliphatic carbocycles. The van der Waals surface area contributed by atoms with Crippen molar-refractivity contribution in [2.24, 2.45) is 0 Å². The zero-order chi connectivity index (χ0) is 13.3. The fourth-order valence-electron chi connectivity index (χ4n) is 1.87. The number of hydrogen-bond donors (Lipinski definition) is 2. The molecule has 0 amide bonds. The molecule has 0 fully saturated rings. The molecule has 2 aromatic heterocycles. The van der Waals surface area contributed by atoms with Crippen LogP contribution in [0.25, 0.3) is 5.78 Å².